The molecule has 1 aromatic rings. The molecule has 1 N–H and O–H groups in total. The Morgan fingerprint density at radius 3 is 2.46 bits per heavy atom. The molecular formula is C6H8N2O3S2. The Morgan fingerprint density at radius 1 is 1.46 bits per heavy atom. The molecule has 0 saturated heterocycles. The van der Waals surface area contributed by atoms with Crippen molar-refractivity contribution in [2.45, 2.75) is 18.7 Å². The van der Waals surface area contributed by atoms with Crippen LogP contribution in [0.15, 0.2) is 16.2 Å². The fourth-order valence-corrected chi connectivity index (χ4v) is 3.23. The van der Waals surface area contributed by atoms with Crippen molar-refractivity contribution in [1.29, 1.82) is 0 Å². The molecule has 5 nitrogen and oxygen atoms in total. The molecule has 0 spiro atoms. The summed E-state index contributed by atoms with van der Waals surface area (Å²) in [5.74, 6) is 0. The number of thiophene rings is 1. The Bertz CT molecular complexity index is 421. The quantitative estimate of drug-likeness (QED) is 0.616. The molecule has 0 unspecified atom stereocenters. The maximum atomic E-state index is 11.3. The second-order valence-corrected chi connectivity index (χ2v) is 5.55. The van der Waals surface area contributed by atoms with Crippen LogP contribution in [0, 0.1) is 18.8 Å². The van der Waals surface area contributed by atoms with Gasteiger partial charge in [-0.05, 0) is 19.9 Å². The first-order chi connectivity index (χ1) is 5.97. The third kappa shape index (κ3) is 2.04. The number of nitroso groups, excluding NO2 is 1. The highest BCUT2D eigenvalue weighted by Gasteiger charge is 2.18. The molecule has 1 heterocycles. The van der Waals surface area contributed by atoms with E-state index in [1.54, 1.807) is 18.7 Å². The highest BCUT2D eigenvalue weighted by Crippen LogP contribution is 2.24. The molecule has 0 radical (unpaired) electrons. The van der Waals surface area contributed by atoms with Gasteiger partial charge in [-0.3, -0.25) is 0 Å². The van der Waals surface area contributed by atoms with Gasteiger partial charge in [0.05, 0.1) is 5.29 Å². The molecule has 0 amide bonds. The fraction of sp³-hybridized carbons (Fsp3) is 0.333. The lowest BCUT2D eigenvalue weighted by molar-refractivity contribution is 0.584. The summed E-state index contributed by atoms with van der Waals surface area (Å²) in [7, 11) is -3.74. The van der Waals surface area contributed by atoms with Crippen molar-refractivity contribution < 1.29 is 8.42 Å². The molecule has 0 aromatic carbocycles. The predicted octanol–water partition coefficient (Wildman–Crippen LogP) is 1.32. The van der Waals surface area contributed by atoms with Gasteiger partial charge in [-0.2, -0.15) is 13.2 Å². The summed E-state index contributed by atoms with van der Waals surface area (Å²) in [5, 5.41) is 2.15. The lowest BCUT2D eigenvalue weighted by Crippen LogP contribution is -2.17. The summed E-state index contributed by atoms with van der Waals surface area (Å²) in [5.41, 5.74) is 0. The van der Waals surface area contributed by atoms with Crippen LogP contribution in [0.25, 0.3) is 0 Å². The first kappa shape index (κ1) is 10.1. The number of hydrogen-bond donors (Lipinski definition) is 1. The molecule has 7 heteroatoms. The van der Waals surface area contributed by atoms with E-state index in [2.05, 4.69) is 5.29 Å². The van der Waals surface area contributed by atoms with Crippen LogP contribution >= 0.6 is 11.3 Å². The standard InChI is InChI=1S/C6H8N2O3S2/c1-4-3-6(5(2)12-4)13(10,11)8-7-9/h3H,1-2H3,(H,8,9). The molecule has 0 saturated carbocycles. The van der Waals surface area contributed by atoms with Crippen LogP contribution in [0.3, 0.4) is 0 Å². The van der Waals surface area contributed by atoms with Crippen LogP contribution in [0.1, 0.15) is 9.75 Å². The van der Waals surface area contributed by atoms with Gasteiger partial charge in [0.25, 0.3) is 10.0 Å². The molecule has 13 heavy (non-hydrogen) atoms. The summed E-state index contributed by atoms with van der Waals surface area (Å²) in [6.45, 7) is 3.47. The van der Waals surface area contributed by atoms with Crippen LogP contribution in [0.2, 0.25) is 0 Å². The molecule has 0 bridgehead atoms. The van der Waals surface area contributed by atoms with Gasteiger partial charge >= 0.3 is 0 Å². The van der Waals surface area contributed by atoms with Crippen molar-refractivity contribution in [3.8, 4) is 0 Å². The van der Waals surface area contributed by atoms with E-state index < -0.39 is 10.0 Å². The van der Waals surface area contributed by atoms with Crippen molar-refractivity contribution in [2.75, 3.05) is 0 Å². The van der Waals surface area contributed by atoms with Gasteiger partial charge in [0.1, 0.15) is 4.90 Å². The van der Waals surface area contributed by atoms with Crippen LogP contribution in [0.4, 0.5) is 0 Å². The van der Waals surface area contributed by atoms with Gasteiger partial charge in [0, 0.05) is 9.75 Å². The highest BCUT2D eigenvalue weighted by molar-refractivity contribution is 7.89. The molecule has 0 aliphatic rings. The lowest BCUT2D eigenvalue weighted by atomic mass is 10.4. The fourth-order valence-electron chi connectivity index (χ4n) is 0.973. The topological polar surface area (TPSA) is 75.6 Å². The molecule has 0 aliphatic heterocycles. The number of hydrogen-bond acceptors (Lipinski definition) is 5. The predicted molar refractivity (Wildman–Crippen MR) is 49.9 cm³/mol. The largest absolute Gasteiger partial charge is 0.280 e. The van der Waals surface area contributed by atoms with Crippen molar-refractivity contribution in [2.24, 2.45) is 5.29 Å². The van der Waals surface area contributed by atoms with Crippen molar-refractivity contribution in [3.63, 3.8) is 0 Å². The average molecular weight is 220 g/mol. The van der Waals surface area contributed by atoms with Gasteiger partial charge in [-0.1, -0.05) is 0 Å². The smallest absolute Gasteiger partial charge is 0.200 e. The molecule has 1 aromatic heterocycles. The Balaban J connectivity index is 3.21. The Hall–Kier alpha value is -0.950. The molecular weight excluding hydrogens is 212 g/mol. The zero-order valence-corrected chi connectivity index (χ0v) is 8.70. The Labute approximate surface area is 79.8 Å². The van der Waals surface area contributed by atoms with Crippen molar-refractivity contribution >= 4 is 21.4 Å². The van der Waals surface area contributed by atoms with Crippen LogP contribution in [-0.2, 0) is 10.0 Å². The molecule has 0 fully saturated rings. The molecule has 0 aliphatic carbocycles. The lowest BCUT2D eigenvalue weighted by Gasteiger charge is -1.97. The number of rotatable bonds is 3. The second kappa shape index (κ2) is 3.43. The van der Waals surface area contributed by atoms with E-state index >= 15 is 0 Å². The third-order valence-corrected chi connectivity index (χ3v) is 3.86. The number of aryl methyl sites for hydroxylation is 2. The van der Waals surface area contributed by atoms with E-state index in [-0.39, 0.29) is 4.90 Å². The summed E-state index contributed by atoms with van der Waals surface area (Å²) in [6, 6.07) is 1.51. The number of sulfonamides is 1. The van der Waals surface area contributed by atoms with Crippen molar-refractivity contribution in [3.05, 3.63) is 20.7 Å². The Kier molecular flexibility index (Phi) is 2.67. The number of nitrogens with zero attached hydrogens (tertiary/aromatic N) is 1. The van der Waals surface area contributed by atoms with E-state index in [9.17, 15) is 13.3 Å². The second-order valence-electron chi connectivity index (χ2n) is 2.46. The zero-order chi connectivity index (χ0) is 10.1. The van der Waals surface area contributed by atoms with Crippen LogP contribution < -0.4 is 4.83 Å². The summed E-state index contributed by atoms with van der Waals surface area (Å²) >= 11 is 1.36. The molecule has 1 rings (SSSR count). The minimum Gasteiger partial charge on any atom is -0.200 e. The van der Waals surface area contributed by atoms with Gasteiger partial charge < -0.3 is 0 Å². The highest BCUT2D eigenvalue weighted by atomic mass is 32.2. The third-order valence-electron chi connectivity index (χ3n) is 1.44. The summed E-state index contributed by atoms with van der Waals surface area (Å²) in [6.07, 6.45) is 0. The average Bonchev–Trinajstić information content (AvgIpc) is 2.30. The van der Waals surface area contributed by atoms with Gasteiger partial charge in [0.2, 0.25) is 0 Å². The SMILES string of the molecule is Cc1cc(S(=O)(=O)NN=O)c(C)s1. The zero-order valence-electron chi connectivity index (χ0n) is 7.07. The first-order valence-electron chi connectivity index (χ1n) is 3.38. The normalized spacial score (nSPS) is 11.2. The number of nitrogens with one attached hydrogen (secondary N) is 1. The monoisotopic (exact) mass is 220 g/mol. The van der Waals surface area contributed by atoms with E-state index in [1.165, 1.54) is 17.4 Å². The summed E-state index contributed by atoms with van der Waals surface area (Å²) < 4.78 is 22.5. The van der Waals surface area contributed by atoms with Gasteiger partial charge in [-0.25, -0.2) is 0 Å². The Morgan fingerprint density at radius 2 is 2.08 bits per heavy atom. The first-order valence-corrected chi connectivity index (χ1v) is 5.68. The molecule has 0 atom stereocenters. The van der Waals surface area contributed by atoms with E-state index in [1.807, 2.05) is 0 Å². The minimum atomic E-state index is -3.74. The summed E-state index contributed by atoms with van der Waals surface area (Å²) in [4.78, 5) is 13.0. The van der Waals surface area contributed by atoms with Gasteiger partial charge in [-0.15, -0.1) is 16.2 Å². The van der Waals surface area contributed by atoms with Crippen LogP contribution in [-0.4, -0.2) is 8.42 Å². The van der Waals surface area contributed by atoms with E-state index in [4.69, 9.17) is 0 Å². The van der Waals surface area contributed by atoms with Crippen LogP contribution in [0.5, 0.6) is 0 Å². The van der Waals surface area contributed by atoms with Gasteiger partial charge in [0.15, 0.2) is 0 Å². The maximum Gasteiger partial charge on any atom is 0.280 e. The van der Waals surface area contributed by atoms with Crippen molar-refractivity contribution in [1.82, 2.24) is 4.83 Å². The van der Waals surface area contributed by atoms with E-state index in [0.29, 0.717) is 4.88 Å². The minimum absolute atomic E-state index is 0.120. The maximum absolute atomic E-state index is 11.3. The van der Waals surface area contributed by atoms with E-state index in [0.717, 1.165) is 4.88 Å². The molecule has 72 valence electrons.